The van der Waals surface area contributed by atoms with E-state index in [-0.39, 0.29) is 5.91 Å². The number of hydrogen-bond acceptors (Lipinski definition) is 7. The summed E-state index contributed by atoms with van der Waals surface area (Å²) in [5.74, 6) is 0.00599. The zero-order valence-corrected chi connectivity index (χ0v) is 16.4. The fraction of sp³-hybridized carbons (Fsp3) is 0.632. The van der Waals surface area contributed by atoms with Crippen LogP contribution in [0.1, 0.15) is 24.8 Å². The number of ether oxygens (including phenoxy) is 3. The largest absolute Gasteiger partial charge is 0.411 e. The van der Waals surface area contributed by atoms with E-state index in [4.69, 9.17) is 25.2 Å². The molecule has 28 heavy (non-hydrogen) atoms. The summed E-state index contributed by atoms with van der Waals surface area (Å²) in [7, 11) is 0. The van der Waals surface area contributed by atoms with Gasteiger partial charge in [0.25, 0.3) is 0 Å². The van der Waals surface area contributed by atoms with E-state index in [0.29, 0.717) is 65.7 Å². The maximum absolute atomic E-state index is 11.8. The lowest BCUT2D eigenvalue weighted by atomic mass is 10.3. The second kappa shape index (κ2) is 17.1. The molecule has 0 bridgehead atoms. The molecule has 1 aromatic rings. The molecule has 0 fully saturated rings. The quantitative estimate of drug-likeness (QED) is 0.113. The van der Waals surface area contributed by atoms with Crippen LogP contribution in [-0.2, 0) is 25.5 Å². The van der Waals surface area contributed by atoms with Gasteiger partial charge in [-0.2, -0.15) is 0 Å². The Labute approximate surface area is 166 Å². The van der Waals surface area contributed by atoms with Gasteiger partial charge in [0.1, 0.15) is 0 Å². The summed E-state index contributed by atoms with van der Waals surface area (Å²) in [5.41, 5.74) is 6.16. The molecule has 1 aromatic heterocycles. The van der Waals surface area contributed by atoms with Gasteiger partial charge in [-0.15, -0.1) is 0 Å². The highest BCUT2D eigenvalue weighted by Gasteiger charge is 2.06. The number of carbonyl (C=O) groups is 1. The van der Waals surface area contributed by atoms with Crippen molar-refractivity contribution in [2.45, 2.75) is 25.8 Å². The summed E-state index contributed by atoms with van der Waals surface area (Å²) in [6.45, 7) is 5.27. The van der Waals surface area contributed by atoms with E-state index in [1.54, 1.807) is 0 Å². The molecule has 0 radical (unpaired) electrons. The van der Waals surface area contributed by atoms with E-state index in [2.05, 4.69) is 10.5 Å². The van der Waals surface area contributed by atoms with Gasteiger partial charge in [0.05, 0.1) is 39.1 Å². The van der Waals surface area contributed by atoms with Crippen LogP contribution in [0.4, 0.5) is 0 Å². The SMILES string of the molecule is NCCCOCCOCCOCCCNC(=O)CC[n+]1ccc(/C=N/O)cc1. The summed E-state index contributed by atoms with van der Waals surface area (Å²) in [5, 5.41) is 14.3. The molecule has 0 saturated heterocycles. The summed E-state index contributed by atoms with van der Waals surface area (Å²) >= 11 is 0. The number of amides is 1. The van der Waals surface area contributed by atoms with E-state index < -0.39 is 0 Å². The number of aryl methyl sites for hydroxylation is 1. The van der Waals surface area contributed by atoms with Crippen LogP contribution in [0.3, 0.4) is 0 Å². The topological polar surface area (TPSA) is 119 Å². The highest BCUT2D eigenvalue weighted by Crippen LogP contribution is 1.91. The van der Waals surface area contributed by atoms with Crippen LogP contribution in [0.15, 0.2) is 29.7 Å². The van der Waals surface area contributed by atoms with Crippen LogP contribution in [0.5, 0.6) is 0 Å². The van der Waals surface area contributed by atoms with E-state index in [1.807, 2.05) is 29.1 Å². The molecule has 0 saturated carbocycles. The fourth-order valence-corrected chi connectivity index (χ4v) is 2.22. The van der Waals surface area contributed by atoms with Crippen LogP contribution in [-0.4, -0.2) is 70.1 Å². The predicted octanol–water partition coefficient (Wildman–Crippen LogP) is 0.0772. The maximum atomic E-state index is 11.8. The van der Waals surface area contributed by atoms with Gasteiger partial charge < -0.3 is 30.5 Å². The molecule has 0 atom stereocenters. The van der Waals surface area contributed by atoms with Gasteiger partial charge in [-0.3, -0.25) is 4.79 Å². The lowest BCUT2D eigenvalue weighted by Gasteiger charge is -2.07. The monoisotopic (exact) mass is 397 g/mol. The number of nitrogens with two attached hydrogens (primary N) is 1. The number of carbonyl (C=O) groups excluding carboxylic acids is 1. The molecule has 9 heteroatoms. The summed E-state index contributed by atoms with van der Waals surface area (Å²) < 4.78 is 18.1. The van der Waals surface area contributed by atoms with Crippen LogP contribution in [0, 0.1) is 0 Å². The second-order valence-corrected chi connectivity index (χ2v) is 6.05. The highest BCUT2D eigenvalue weighted by molar-refractivity contribution is 5.78. The van der Waals surface area contributed by atoms with E-state index in [0.717, 1.165) is 18.4 Å². The Kier molecular flexibility index (Phi) is 14.6. The molecule has 0 aliphatic carbocycles. The third kappa shape index (κ3) is 13.2. The Morgan fingerprint density at radius 1 is 1.07 bits per heavy atom. The first-order valence-electron chi connectivity index (χ1n) is 9.63. The van der Waals surface area contributed by atoms with Gasteiger partial charge in [-0.1, -0.05) is 5.16 Å². The molecule has 0 unspecified atom stereocenters. The minimum Gasteiger partial charge on any atom is -0.411 e. The van der Waals surface area contributed by atoms with E-state index in [1.165, 1.54) is 6.21 Å². The second-order valence-electron chi connectivity index (χ2n) is 6.05. The normalized spacial score (nSPS) is 11.2. The molecular formula is C19H33N4O5+. The molecule has 4 N–H and O–H groups in total. The molecule has 1 rings (SSSR count). The molecule has 0 aromatic carbocycles. The number of nitrogens with one attached hydrogen (secondary N) is 1. The van der Waals surface area contributed by atoms with Crippen LogP contribution >= 0.6 is 0 Å². The molecule has 9 nitrogen and oxygen atoms in total. The summed E-state index contributed by atoms with van der Waals surface area (Å²) in [6, 6.07) is 3.63. The fourth-order valence-electron chi connectivity index (χ4n) is 2.22. The van der Waals surface area contributed by atoms with Crippen molar-refractivity contribution in [3.8, 4) is 0 Å². The molecule has 0 spiro atoms. The van der Waals surface area contributed by atoms with E-state index in [9.17, 15) is 4.79 Å². The van der Waals surface area contributed by atoms with Crippen molar-refractivity contribution in [3.05, 3.63) is 30.1 Å². The average molecular weight is 397 g/mol. The lowest BCUT2D eigenvalue weighted by Crippen LogP contribution is -2.36. The van der Waals surface area contributed by atoms with Gasteiger partial charge >= 0.3 is 0 Å². The van der Waals surface area contributed by atoms with Crippen molar-refractivity contribution in [2.24, 2.45) is 10.9 Å². The van der Waals surface area contributed by atoms with Gasteiger partial charge in [-0.05, 0) is 19.4 Å². The molecular weight excluding hydrogens is 364 g/mol. The summed E-state index contributed by atoms with van der Waals surface area (Å²) in [6.07, 6.45) is 7.06. The lowest BCUT2D eigenvalue weighted by molar-refractivity contribution is -0.695. The van der Waals surface area contributed by atoms with Crippen molar-refractivity contribution in [3.63, 3.8) is 0 Å². The van der Waals surface area contributed by atoms with Crippen LogP contribution < -0.4 is 15.6 Å². The Balaban J connectivity index is 1.90. The first kappa shape index (κ1) is 24.0. The highest BCUT2D eigenvalue weighted by atomic mass is 16.5. The Morgan fingerprint density at radius 3 is 2.29 bits per heavy atom. The number of nitrogens with zero attached hydrogens (tertiary/aromatic N) is 2. The van der Waals surface area contributed by atoms with Gasteiger partial charge in [0.15, 0.2) is 18.9 Å². The summed E-state index contributed by atoms with van der Waals surface area (Å²) in [4.78, 5) is 11.8. The van der Waals surface area contributed by atoms with Crippen molar-refractivity contribution in [1.82, 2.24) is 5.32 Å². The Hall–Kier alpha value is -2.07. The van der Waals surface area contributed by atoms with E-state index >= 15 is 0 Å². The van der Waals surface area contributed by atoms with Crippen molar-refractivity contribution < 1.29 is 28.8 Å². The number of oxime groups is 1. The van der Waals surface area contributed by atoms with Gasteiger partial charge in [-0.25, -0.2) is 4.57 Å². The van der Waals surface area contributed by atoms with Crippen molar-refractivity contribution in [1.29, 1.82) is 0 Å². The number of aromatic nitrogens is 1. The molecule has 1 heterocycles. The minimum absolute atomic E-state index is 0.00599. The molecule has 0 aliphatic rings. The first-order valence-corrected chi connectivity index (χ1v) is 9.63. The number of pyridine rings is 1. The van der Waals surface area contributed by atoms with Crippen LogP contribution in [0.25, 0.3) is 0 Å². The number of hydrogen-bond donors (Lipinski definition) is 3. The molecule has 158 valence electrons. The third-order valence-electron chi connectivity index (χ3n) is 3.75. The van der Waals surface area contributed by atoms with Crippen molar-refractivity contribution in [2.75, 3.05) is 52.7 Å². The first-order chi connectivity index (χ1) is 13.8. The smallest absolute Gasteiger partial charge is 0.226 e. The zero-order chi connectivity index (χ0) is 20.3. The number of rotatable bonds is 17. The predicted molar refractivity (Wildman–Crippen MR) is 104 cm³/mol. The standard InChI is InChI=1S/C19H32N4O5/c20-6-1-11-26-13-15-28-16-14-27-12-2-7-21-19(24)5-10-23-8-3-18(4-9-23)17-22-25/h3-4,8-9,17H,1-2,5-7,10-16,20H2,(H,21,24)/p+1. The zero-order valence-electron chi connectivity index (χ0n) is 16.4. The molecule has 0 aliphatic heterocycles. The Bertz CT molecular complexity index is 540. The van der Waals surface area contributed by atoms with Crippen LogP contribution in [0.2, 0.25) is 0 Å². The van der Waals surface area contributed by atoms with Gasteiger partial charge in [0.2, 0.25) is 5.91 Å². The maximum Gasteiger partial charge on any atom is 0.226 e. The third-order valence-corrected chi connectivity index (χ3v) is 3.75. The van der Waals surface area contributed by atoms with Gasteiger partial charge in [0, 0.05) is 37.5 Å². The van der Waals surface area contributed by atoms with Crippen molar-refractivity contribution >= 4 is 12.1 Å². The average Bonchev–Trinajstić information content (AvgIpc) is 2.71. The minimum atomic E-state index is 0.00599. The Morgan fingerprint density at radius 2 is 1.68 bits per heavy atom. The molecule has 1 amide bonds.